The first-order valence-electron chi connectivity index (χ1n) is 10.1. The molecule has 3 nitrogen and oxygen atoms in total. The van der Waals surface area contributed by atoms with Crippen LogP contribution < -0.4 is 4.74 Å². The largest absolute Gasteiger partial charge is 0.508 e. The lowest BCUT2D eigenvalue weighted by Gasteiger charge is -2.11. The molecule has 1 N–H and O–H groups in total. The number of phenolic OH excluding ortho intramolecular Hbond substituents is 1. The standard InChI is InChI=1S/C26H21F3O3.C2H4/c1-16(14-24(27)17(2)31-3)15-32-21-10-6-19(7-11-21)23-13-12-22(25(28)26(23)29)18-4-8-20(30)9-5-18;1-2/h4-14,30H,1-2,15H2,3H3;1-2H2/b24-14+;. The number of hydrogen-bond donors (Lipinski definition) is 1. The van der Waals surface area contributed by atoms with Crippen LogP contribution in [0.2, 0.25) is 0 Å². The van der Waals surface area contributed by atoms with Gasteiger partial charge in [0.25, 0.3) is 0 Å². The van der Waals surface area contributed by atoms with Crippen molar-refractivity contribution in [3.05, 3.63) is 122 Å². The van der Waals surface area contributed by atoms with Crippen LogP contribution in [-0.4, -0.2) is 18.8 Å². The molecule has 0 bridgehead atoms. The first-order valence-corrected chi connectivity index (χ1v) is 10.1. The number of aromatic hydroxyl groups is 1. The normalized spacial score (nSPS) is 10.6. The second kappa shape index (κ2) is 12.2. The third-order valence-corrected chi connectivity index (χ3v) is 4.69. The number of hydrogen-bond acceptors (Lipinski definition) is 3. The molecule has 0 radical (unpaired) electrons. The Morgan fingerprint density at radius 1 is 0.853 bits per heavy atom. The Labute approximate surface area is 197 Å². The van der Waals surface area contributed by atoms with Crippen molar-refractivity contribution in [3.8, 4) is 33.8 Å². The van der Waals surface area contributed by atoms with Crippen LogP contribution in [0, 0.1) is 11.6 Å². The van der Waals surface area contributed by atoms with Crippen molar-refractivity contribution in [1.29, 1.82) is 0 Å². The van der Waals surface area contributed by atoms with Crippen LogP contribution in [-0.2, 0) is 4.74 Å². The van der Waals surface area contributed by atoms with E-state index in [4.69, 9.17) is 9.47 Å². The molecule has 0 aliphatic carbocycles. The fraction of sp³-hybridized carbons (Fsp3) is 0.0714. The summed E-state index contributed by atoms with van der Waals surface area (Å²) < 4.78 is 53.4. The van der Waals surface area contributed by atoms with Gasteiger partial charge in [-0.15, -0.1) is 13.2 Å². The number of rotatable bonds is 8. The molecule has 3 aromatic rings. The predicted octanol–water partition coefficient (Wildman–Crippen LogP) is 7.76. The maximum Gasteiger partial charge on any atom is 0.167 e. The van der Waals surface area contributed by atoms with Crippen LogP contribution in [0.5, 0.6) is 11.5 Å². The van der Waals surface area contributed by atoms with E-state index in [1.165, 1.54) is 43.5 Å². The Morgan fingerprint density at radius 3 is 1.79 bits per heavy atom. The molecule has 6 heteroatoms. The summed E-state index contributed by atoms with van der Waals surface area (Å²) in [5.74, 6) is -2.21. The molecule has 3 aromatic carbocycles. The Kier molecular flexibility index (Phi) is 9.32. The number of halogens is 3. The van der Waals surface area contributed by atoms with Gasteiger partial charge in [0.2, 0.25) is 0 Å². The molecule has 0 aromatic heterocycles. The van der Waals surface area contributed by atoms with Crippen molar-refractivity contribution < 1.29 is 27.8 Å². The Morgan fingerprint density at radius 2 is 1.32 bits per heavy atom. The minimum atomic E-state index is -0.976. The molecule has 0 fully saturated rings. The van der Waals surface area contributed by atoms with Gasteiger partial charge in [-0.2, -0.15) is 0 Å². The van der Waals surface area contributed by atoms with Gasteiger partial charge >= 0.3 is 0 Å². The maximum atomic E-state index is 14.8. The first kappa shape index (κ1) is 26.1. The van der Waals surface area contributed by atoms with Gasteiger partial charge in [-0.3, -0.25) is 0 Å². The molecular formula is C28H25F3O3. The summed E-state index contributed by atoms with van der Waals surface area (Å²) >= 11 is 0. The van der Waals surface area contributed by atoms with E-state index in [2.05, 4.69) is 26.3 Å². The molecule has 0 spiro atoms. The van der Waals surface area contributed by atoms with Gasteiger partial charge in [0.1, 0.15) is 23.9 Å². The molecule has 0 saturated carbocycles. The third-order valence-electron chi connectivity index (χ3n) is 4.69. The molecule has 0 atom stereocenters. The summed E-state index contributed by atoms with van der Waals surface area (Å²) in [6.45, 7) is 13.1. The highest BCUT2D eigenvalue weighted by molar-refractivity contribution is 5.72. The van der Waals surface area contributed by atoms with Crippen molar-refractivity contribution in [2.45, 2.75) is 0 Å². The van der Waals surface area contributed by atoms with Gasteiger partial charge in [0.05, 0.1) is 7.11 Å². The molecule has 0 heterocycles. The van der Waals surface area contributed by atoms with Crippen molar-refractivity contribution in [2.75, 3.05) is 13.7 Å². The average molecular weight is 466 g/mol. The van der Waals surface area contributed by atoms with Gasteiger partial charge in [-0.1, -0.05) is 49.6 Å². The topological polar surface area (TPSA) is 38.7 Å². The summed E-state index contributed by atoms with van der Waals surface area (Å²) in [6, 6.07) is 15.2. The lowest BCUT2D eigenvalue weighted by atomic mass is 9.98. The van der Waals surface area contributed by atoms with E-state index in [1.54, 1.807) is 24.3 Å². The predicted molar refractivity (Wildman–Crippen MR) is 130 cm³/mol. The molecule has 34 heavy (non-hydrogen) atoms. The van der Waals surface area contributed by atoms with Gasteiger partial charge in [-0.25, -0.2) is 13.2 Å². The maximum absolute atomic E-state index is 14.8. The fourth-order valence-corrected chi connectivity index (χ4v) is 2.94. The summed E-state index contributed by atoms with van der Waals surface area (Å²) in [4.78, 5) is 0. The van der Waals surface area contributed by atoms with E-state index in [0.29, 0.717) is 22.4 Å². The molecule has 176 valence electrons. The SMILES string of the molecule is C=C.C=C(/C=C(/F)C(=C)OC)COc1ccc(-c2ccc(-c3ccc(O)cc3)c(F)c2F)cc1. The molecule has 0 aliphatic rings. The van der Waals surface area contributed by atoms with E-state index in [-0.39, 0.29) is 29.2 Å². The van der Waals surface area contributed by atoms with Gasteiger partial charge in [0.15, 0.2) is 17.5 Å². The molecule has 0 saturated heterocycles. The van der Waals surface area contributed by atoms with Gasteiger partial charge < -0.3 is 14.6 Å². The Balaban J connectivity index is 0.00000199. The average Bonchev–Trinajstić information content (AvgIpc) is 2.86. The summed E-state index contributed by atoms with van der Waals surface area (Å²) in [5, 5.41) is 9.37. The van der Waals surface area contributed by atoms with Crippen LogP contribution >= 0.6 is 0 Å². The summed E-state index contributed by atoms with van der Waals surface area (Å²) in [7, 11) is 1.31. The highest BCUT2D eigenvalue weighted by Gasteiger charge is 2.16. The van der Waals surface area contributed by atoms with Crippen molar-refractivity contribution >= 4 is 0 Å². The Hall–Kier alpha value is -4.19. The van der Waals surface area contributed by atoms with Gasteiger partial charge in [-0.05, 0) is 47.0 Å². The summed E-state index contributed by atoms with van der Waals surface area (Å²) in [6.07, 6.45) is 1.16. The third kappa shape index (κ3) is 6.42. The summed E-state index contributed by atoms with van der Waals surface area (Å²) in [5.41, 5.74) is 1.48. The number of benzene rings is 3. The molecule has 3 rings (SSSR count). The zero-order valence-corrected chi connectivity index (χ0v) is 18.8. The van der Waals surface area contributed by atoms with Gasteiger partial charge in [0, 0.05) is 11.1 Å². The molecule has 0 aliphatic heterocycles. The minimum absolute atomic E-state index is 0.0219. The monoisotopic (exact) mass is 466 g/mol. The number of ether oxygens (including phenoxy) is 2. The highest BCUT2D eigenvalue weighted by atomic mass is 19.2. The van der Waals surface area contributed by atoms with Crippen LogP contribution in [0.15, 0.2) is 110 Å². The zero-order chi connectivity index (χ0) is 25.3. The van der Waals surface area contributed by atoms with E-state index < -0.39 is 17.5 Å². The number of methoxy groups -OCH3 is 1. The molecule has 0 unspecified atom stereocenters. The van der Waals surface area contributed by atoms with Crippen LogP contribution in [0.25, 0.3) is 22.3 Å². The van der Waals surface area contributed by atoms with Crippen LogP contribution in [0.1, 0.15) is 0 Å². The van der Waals surface area contributed by atoms with Crippen LogP contribution in [0.4, 0.5) is 13.2 Å². The van der Waals surface area contributed by atoms with Crippen molar-refractivity contribution in [1.82, 2.24) is 0 Å². The fourth-order valence-electron chi connectivity index (χ4n) is 2.94. The number of allylic oxidation sites excluding steroid dienone is 1. The van der Waals surface area contributed by atoms with E-state index in [9.17, 15) is 18.3 Å². The van der Waals surface area contributed by atoms with E-state index >= 15 is 0 Å². The van der Waals surface area contributed by atoms with Crippen molar-refractivity contribution in [2.24, 2.45) is 0 Å². The van der Waals surface area contributed by atoms with Crippen LogP contribution in [0.3, 0.4) is 0 Å². The first-order chi connectivity index (χ1) is 16.3. The van der Waals surface area contributed by atoms with Crippen molar-refractivity contribution in [3.63, 3.8) is 0 Å². The highest BCUT2D eigenvalue weighted by Crippen LogP contribution is 2.32. The zero-order valence-electron chi connectivity index (χ0n) is 18.8. The van der Waals surface area contributed by atoms with E-state index in [0.717, 1.165) is 6.08 Å². The smallest absolute Gasteiger partial charge is 0.167 e. The molecular weight excluding hydrogens is 441 g/mol. The molecule has 0 amide bonds. The lowest BCUT2D eigenvalue weighted by Crippen LogP contribution is -1.99. The second-order valence-corrected chi connectivity index (χ2v) is 6.93. The lowest BCUT2D eigenvalue weighted by molar-refractivity contribution is 0.285. The quantitative estimate of drug-likeness (QED) is 0.210. The van der Waals surface area contributed by atoms with E-state index in [1.807, 2.05) is 0 Å². The second-order valence-electron chi connectivity index (χ2n) is 6.93. The number of phenols is 1. The Bertz CT molecular complexity index is 1180. The minimum Gasteiger partial charge on any atom is -0.508 e.